The van der Waals surface area contributed by atoms with Crippen LogP contribution in [0, 0.1) is 0 Å². The van der Waals surface area contributed by atoms with Gasteiger partial charge in [0.05, 0.1) is 5.75 Å². The Balaban J connectivity index is 2.57. The van der Waals surface area contributed by atoms with Gasteiger partial charge in [0.25, 0.3) is 0 Å². The molecular formula is C8H8N4O5S. The smallest absolute Gasteiger partial charge is 0.352 e. The molecule has 2 atom stereocenters. The number of nitrogens with zero attached hydrogens (tertiary/aromatic N) is 4. The van der Waals surface area contributed by atoms with E-state index in [1.807, 2.05) is 0 Å². The molecule has 0 radical (unpaired) electrons. The van der Waals surface area contributed by atoms with E-state index in [1.165, 1.54) is 6.92 Å². The summed E-state index contributed by atoms with van der Waals surface area (Å²) in [5.74, 6) is -2.64. The number of fused-ring (bicyclic) bond motifs is 1. The van der Waals surface area contributed by atoms with Crippen LogP contribution in [0.1, 0.15) is 6.92 Å². The van der Waals surface area contributed by atoms with Crippen LogP contribution in [0.2, 0.25) is 0 Å². The maximum Gasteiger partial charge on any atom is 0.352 e. The molecule has 0 aromatic rings. The second kappa shape index (κ2) is 3.72. The summed E-state index contributed by atoms with van der Waals surface area (Å²) in [6.45, 7) is 1.34. The summed E-state index contributed by atoms with van der Waals surface area (Å²) in [6.07, 6.45) is 0. The minimum absolute atomic E-state index is 0.0893. The van der Waals surface area contributed by atoms with E-state index in [1.54, 1.807) is 0 Å². The summed E-state index contributed by atoms with van der Waals surface area (Å²) in [7, 11) is -3.72. The summed E-state index contributed by atoms with van der Waals surface area (Å²) in [5.41, 5.74) is 8.02. The largest absolute Gasteiger partial charge is 0.477 e. The number of sulfone groups is 1. The number of carboxylic acid groups (broad SMARTS) is 1. The first-order chi connectivity index (χ1) is 8.31. The van der Waals surface area contributed by atoms with Crippen LogP contribution in [0.4, 0.5) is 0 Å². The van der Waals surface area contributed by atoms with Gasteiger partial charge in [-0.15, -0.1) is 0 Å². The molecule has 18 heavy (non-hydrogen) atoms. The Labute approximate surface area is 101 Å². The third kappa shape index (κ3) is 1.46. The van der Waals surface area contributed by atoms with Gasteiger partial charge in [-0.05, 0) is 18.0 Å². The number of azide groups is 1. The van der Waals surface area contributed by atoms with Gasteiger partial charge in [0, 0.05) is 4.91 Å². The van der Waals surface area contributed by atoms with E-state index < -0.39 is 38.9 Å². The summed E-state index contributed by atoms with van der Waals surface area (Å²) in [4.78, 5) is 25.7. The van der Waals surface area contributed by atoms with Crippen molar-refractivity contribution >= 4 is 21.7 Å². The molecule has 1 fully saturated rings. The molecule has 10 heteroatoms. The number of aliphatic carboxylic acids is 1. The van der Waals surface area contributed by atoms with Crippen molar-refractivity contribution in [2.45, 2.75) is 18.3 Å². The topological polar surface area (TPSA) is 141 Å². The van der Waals surface area contributed by atoms with E-state index in [4.69, 9.17) is 10.6 Å². The molecule has 96 valence electrons. The van der Waals surface area contributed by atoms with Gasteiger partial charge in [-0.1, -0.05) is 5.11 Å². The number of carbonyl (C=O) groups is 2. The Morgan fingerprint density at radius 1 is 1.61 bits per heavy atom. The van der Waals surface area contributed by atoms with E-state index in [2.05, 4.69) is 10.0 Å². The summed E-state index contributed by atoms with van der Waals surface area (Å²) < 4.78 is 23.7. The lowest BCUT2D eigenvalue weighted by Crippen LogP contribution is -2.69. The summed E-state index contributed by atoms with van der Waals surface area (Å²) in [5, 5.41) is 10.7. The number of hydrogen-bond donors (Lipinski definition) is 1. The minimum atomic E-state index is -3.72. The fourth-order valence-corrected chi connectivity index (χ4v) is 4.16. The van der Waals surface area contributed by atoms with Crippen molar-refractivity contribution in [2.75, 3.05) is 5.75 Å². The van der Waals surface area contributed by atoms with Gasteiger partial charge in [0.15, 0.2) is 21.3 Å². The number of β-lactam (4-membered cyclic amide) rings is 1. The average Bonchev–Trinajstić information content (AvgIpc) is 2.24. The van der Waals surface area contributed by atoms with Crippen LogP contribution in [-0.2, 0) is 19.4 Å². The van der Waals surface area contributed by atoms with Crippen LogP contribution in [0.25, 0.3) is 10.4 Å². The third-order valence-corrected chi connectivity index (χ3v) is 4.86. The fourth-order valence-electron chi connectivity index (χ4n) is 2.15. The van der Waals surface area contributed by atoms with Crippen molar-refractivity contribution in [3.63, 3.8) is 0 Å². The van der Waals surface area contributed by atoms with E-state index in [0.29, 0.717) is 4.90 Å². The van der Waals surface area contributed by atoms with Crippen molar-refractivity contribution in [1.82, 2.24) is 4.90 Å². The molecule has 0 spiro atoms. The standard InChI is InChI=1S/C8H8N4O5S/c1-3-2-18(16,17)7-4(10-11-9)6(13)12(7)5(3)8(14)15/h4,7H,2H2,1H3,(H,14,15). The highest BCUT2D eigenvalue weighted by molar-refractivity contribution is 7.92. The molecule has 0 aromatic carbocycles. The van der Waals surface area contributed by atoms with Gasteiger partial charge in [0.1, 0.15) is 5.70 Å². The maximum atomic E-state index is 11.8. The molecular weight excluding hydrogens is 264 g/mol. The molecule has 0 aliphatic carbocycles. The molecule has 1 N–H and O–H groups in total. The molecule has 2 aliphatic heterocycles. The predicted octanol–water partition coefficient (Wildman–Crippen LogP) is -0.379. The van der Waals surface area contributed by atoms with Gasteiger partial charge in [0.2, 0.25) is 5.91 Å². The molecule has 0 aromatic heterocycles. The minimum Gasteiger partial charge on any atom is -0.477 e. The van der Waals surface area contributed by atoms with E-state index in [-0.39, 0.29) is 11.3 Å². The molecule has 2 rings (SSSR count). The van der Waals surface area contributed by atoms with E-state index in [9.17, 15) is 18.0 Å². The lowest BCUT2D eigenvalue weighted by atomic mass is 10.0. The first kappa shape index (κ1) is 12.4. The Morgan fingerprint density at radius 2 is 2.22 bits per heavy atom. The zero-order valence-corrected chi connectivity index (χ0v) is 9.96. The van der Waals surface area contributed by atoms with Crippen molar-refractivity contribution in [3.05, 3.63) is 21.7 Å². The quantitative estimate of drug-likeness (QED) is 0.315. The highest BCUT2D eigenvalue weighted by Gasteiger charge is 2.59. The van der Waals surface area contributed by atoms with E-state index in [0.717, 1.165) is 0 Å². The zero-order valence-electron chi connectivity index (χ0n) is 9.14. The Hall–Kier alpha value is -2.06. The molecule has 1 amide bonds. The molecule has 2 unspecified atom stereocenters. The van der Waals surface area contributed by atoms with Crippen LogP contribution < -0.4 is 0 Å². The van der Waals surface area contributed by atoms with Gasteiger partial charge < -0.3 is 5.11 Å². The SMILES string of the molecule is CC1=C(C(=O)O)N2C(=O)C(N=[N+]=[N-])C2S(=O)(=O)C1. The fraction of sp³-hybridized carbons (Fsp3) is 0.500. The molecule has 0 bridgehead atoms. The average molecular weight is 272 g/mol. The van der Waals surface area contributed by atoms with Crippen LogP contribution >= 0.6 is 0 Å². The van der Waals surface area contributed by atoms with Crippen molar-refractivity contribution in [1.29, 1.82) is 0 Å². The predicted molar refractivity (Wildman–Crippen MR) is 57.7 cm³/mol. The molecule has 9 nitrogen and oxygen atoms in total. The Bertz CT molecular complexity index is 630. The summed E-state index contributed by atoms with van der Waals surface area (Å²) >= 11 is 0. The van der Waals surface area contributed by atoms with Gasteiger partial charge >= 0.3 is 5.97 Å². The zero-order chi connectivity index (χ0) is 13.7. The van der Waals surface area contributed by atoms with Crippen LogP contribution in [0.3, 0.4) is 0 Å². The van der Waals surface area contributed by atoms with Crippen LogP contribution in [0.15, 0.2) is 16.4 Å². The van der Waals surface area contributed by atoms with Gasteiger partial charge in [-0.25, -0.2) is 13.2 Å². The number of carboxylic acids is 1. The molecule has 0 saturated carbocycles. The maximum absolute atomic E-state index is 11.8. The van der Waals surface area contributed by atoms with Gasteiger partial charge in [-0.2, -0.15) is 0 Å². The van der Waals surface area contributed by atoms with Crippen molar-refractivity contribution in [2.24, 2.45) is 5.11 Å². The van der Waals surface area contributed by atoms with Crippen molar-refractivity contribution in [3.8, 4) is 0 Å². The highest BCUT2D eigenvalue weighted by atomic mass is 32.2. The second-order valence-corrected chi connectivity index (χ2v) is 6.09. The first-order valence-electron chi connectivity index (χ1n) is 4.83. The second-order valence-electron chi connectivity index (χ2n) is 3.99. The third-order valence-electron chi connectivity index (χ3n) is 2.82. The normalized spacial score (nSPS) is 29.2. The number of amides is 1. The number of hydrogen-bond acceptors (Lipinski definition) is 5. The molecule has 2 aliphatic rings. The number of rotatable bonds is 2. The lowest BCUT2D eigenvalue weighted by molar-refractivity contribution is -0.148. The Morgan fingerprint density at radius 3 is 2.72 bits per heavy atom. The molecule has 2 heterocycles. The summed E-state index contributed by atoms with van der Waals surface area (Å²) in [6, 6.07) is -1.37. The van der Waals surface area contributed by atoms with E-state index >= 15 is 0 Å². The monoisotopic (exact) mass is 272 g/mol. The van der Waals surface area contributed by atoms with Crippen LogP contribution in [0.5, 0.6) is 0 Å². The number of carbonyl (C=O) groups excluding carboxylic acids is 1. The van der Waals surface area contributed by atoms with Crippen LogP contribution in [-0.4, -0.2) is 47.5 Å². The Kier molecular flexibility index (Phi) is 2.56. The van der Waals surface area contributed by atoms with Crippen molar-refractivity contribution < 1.29 is 23.1 Å². The highest BCUT2D eigenvalue weighted by Crippen LogP contribution is 2.37. The van der Waals surface area contributed by atoms with Gasteiger partial charge in [-0.3, -0.25) is 9.69 Å². The lowest BCUT2D eigenvalue weighted by Gasteiger charge is -2.47. The first-order valence-corrected chi connectivity index (χ1v) is 6.54. The molecule has 1 saturated heterocycles.